The number of carbonyl (C=O) groups is 2. The molecule has 0 saturated carbocycles. The van der Waals surface area contributed by atoms with Gasteiger partial charge >= 0.3 is 0 Å². The first kappa shape index (κ1) is 20.9. The standard InChI is InChI=1S/C19H25N3O2.ClH/c1-13(2)17(20)9-11-22(3)19(24)15-6-4-14(5-7-15)18(23)16-8-10-21-12-16;/h4-8,10,12-13,17,21H,9,11,20H2,1-3H3;1H. The summed E-state index contributed by atoms with van der Waals surface area (Å²) in [5.41, 5.74) is 7.77. The van der Waals surface area contributed by atoms with Crippen LogP contribution in [0.25, 0.3) is 0 Å². The van der Waals surface area contributed by atoms with Gasteiger partial charge in [-0.1, -0.05) is 26.0 Å². The van der Waals surface area contributed by atoms with Crippen molar-refractivity contribution in [3.63, 3.8) is 0 Å². The lowest BCUT2D eigenvalue weighted by atomic mass is 10.0. The molecule has 0 radical (unpaired) electrons. The second-order valence-corrected chi connectivity index (χ2v) is 6.43. The molecular weight excluding hydrogens is 338 g/mol. The maximum absolute atomic E-state index is 12.4. The van der Waals surface area contributed by atoms with Crippen LogP contribution in [0.2, 0.25) is 0 Å². The van der Waals surface area contributed by atoms with Crippen LogP contribution >= 0.6 is 12.4 Å². The van der Waals surface area contributed by atoms with Crippen molar-refractivity contribution in [3.8, 4) is 0 Å². The molecular formula is C19H26ClN3O2. The molecule has 0 aliphatic rings. The van der Waals surface area contributed by atoms with Gasteiger partial charge in [0.1, 0.15) is 0 Å². The number of nitrogens with one attached hydrogen (secondary N) is 1. The summed E-state index contributed by atoms with van der Waals surface area (Å²) in [5, 5.41) is 0. The first-order valence-corrected chi connectivity index (χ1v) is 8.18. The van der Waals surface area contributed by atoms with E-state index in [1.54, 1.807) is 54.7 Å². The number of aromatic amines is 1. The van der Waals surface area contributed by atoms with E-state index in [1.165, 1.54) is 0 Å². The highest BCUT2D eigenvalue weighted by Gasteiger charge is 2.15. The fourth-order valence-electron chi connectivity index (χ4n) is 2.39. The lowest BCUT2D eigenvalue weighted by Crippen LogP contribution is -2.34. The normalized spacial score (nSPS) is 11.7. The zero-order valence-electron chi connectivity index (χ0n) is 14.9. The Balaban J connectivity index is 0.00000312. The van der Waals surface area contributed by atoms with Crippen LogP contribution in [0.3, 0.4) is 0 Å². The maximum Gasteiger partial charge on any atom is 0.253 e. The van der Waals surface area contributed by atoms with E-state index in [0.29, 0.717) is 29.2 Å². The van der Waals surface area contributed by atoms with E-state index >= 15 is 0 Å². The number of hydrogen-bond donors (Lipinski definition) is 2. The third-order valence-corrected chi connectivity index (χ3v) is 4.26. The van der Waals surface area contributed by atoms with Crippen LogP contribution in [0, 0.1) is 5.92 Å². The summed E-state index contributed by atoms with van der Waals surface area (Å²) < 4.78 is 0. The Bertz CT molecular complexity index is 681. The van der Waals surface area contributed by atoms with Crippen molar-refractivity contribution in [3.05, 3.63) is 59.4 Å². The number of rotatable bonds is 7. The van der Waals surface area contributed by atoms with Gasteiger partial charge in [0, 0.05) is 48.7 Å². The van der Waals surface area contributed by atoms with Crippen LogP contribution in [-0.2, 0) is 0 Å². The molecule has 1 amide bonds. The third kappa shape index (κ3) is 5.44. The van der Waals surface area contributed by atoms with Crippen molar-refractivity contribution in [1.82, 2.24) is 9.88 Å². The Morgan fingerprint density at radius 2 is 1.68 bits per heavy atom. The fourth-order valence-corrected chi connectivity index (χ4v) is 2.39. The number of hydrogen-bond acceptors (Lipinski definition) is 3. The topological polar surface area (TPSA) is 79.2 Å². The molecule has 3 N–H and O–H groups in total. The van der Waals surface area contributed by atoms with Crippen LogP contribution in [-0.4, -0.2) is 41.2 Å². The number of ketones is 1. The van der Waals surface area contributed by atoms with Gasteiger partial charge in [-0.3, -0.25) is 9.59 Å². The van der Waals surface area contributed by atoms with Crippen LogP contribution in [0.15, 0.2) is 42.7 Å². The molecule has 25 heavy (non-hydrogen) atoms. The smallest absolute Gasteiger partial charge is 0.253 e. The fraction of sp³-hybridized carbons (Fsp3) is 0.368. The summed E-state index contributed by atoms with van der Waals surface area (Å²) >= 11 is 0. The van der Waals surface area contributed by atoms with Crippen molar-refractivity contribution in [2.75, 3.05) is 13.6 Å². The Kier molecular flexibility index (Phi) is 7.87. The molecule has 0 fully saturated rings. The predicted molar refractivity (Wildman–Crippen MR) is 102 cm³/mol. The SMILES string of the molecule is CC(C)C(N)CCN(C)C(=O)c1ccc(C(=O)c2cc[nH]c2)cc1.Cl. The Morgan fingerprint density at radius 3 is 2.20 bits per heavy atom. The highest BCUT2D eigenvalue weighted by molar-refractivity contribution is 6.09. The molecule has 1 heterocycles. The van der Waals surface area contributed by atoms with E-state index in [-0.39, 0.29) is 30.1 Å². The minimum Gasteiger partial charge on any atom is -0.367 e. The molecule has 0 aliphatic heterocycles. The van der Waals surface area contributed by atoms with Crippen molar-refractivity contribution in [1.29, 1.82) is 0 Å². The molecule has 2 rings (SSSR count). The monoisotopic (exact) mass is 363 g/mol. The predicted octanol–water partition coefficient (Wildman–Crippen LogP) is 3.11. The quantitative estimate of drug-likeness (QED) is 0.742. The summed E-state index contributed by atoms with van der Waals surface area (Å²) in [6, 6.07) is 8.59. The van der Waals surface area contributed by atoms with Gasteiger partial charge in [0.2, 0.25) is 0 Å². The molecule has 0 bridgehead atoms. The number of nitrogens with two attached hydrogens (primary N) is 1. The van der Waals surface area contributed by atoms with Gasteiger partial charge in [0.15, 0.2) is 5.78 Å². The number of carbonyl (C=O) groups excluding carboxylic acids is 2. The number of amides is 1. The molecule has 2 aromatic rings. The Morgan fingerprint density at radius 1 is 1.08 bits per heavy atom. The zero-order chi connectivity index (χ0) is 17.7. The highest BCUT2D eigenvalue weighted by Crippen LogP contribution is 2.12. The van der Waals surface area contributed by atoms with Crippen molar-refractivity contribution in [2.24, 2.45) is 11.7 Å². The van der Waals surface area contributed by atoms with Gasteiger partial charge in [-0.15, -0.1) is 12.4 Å². The first-order valence-electron chi connectivity index (χ1n) is 8.18. The first-order chi connectivity index (χ1) is 11.4. The van der Waals surface area contributed by atoms with Gasteiger partial charge in [0.05, 0.1) is 0 Å². The average molecular weight is 364 g/mol. The summed E-state index contributed by atoms with van der Waals surface area (Å²) in [4.78, 5) is 29.2. The minimum atomic E-state index is -0.0634. The number of halogens is 1. The minimum absolute atomic E-state index is 0. The van der Waals surface area contributed by atoms with Crippen LogP contribution in [0.5, 0.6) is 0 Å². The number of nitrogens with zero attached hydrogens (tertiary/aromatic N) is 1. The van der Waals surface area contributed by atoms with Gasteiger partial charge in [0.25, 0.3) is 5.91 Å². The highest BCUT2D eigenvalue weighted by atomic mass is 35.5. The van der Waals surface area contributed by atoms with E-state index < -0.39 is 0 Å². The largest absolute Gasteiger partial charge is 0.367 e. The summed E-state index contributed by atoms with van der Waals surface area (Å²) in [5.74, 6) is 0.269. The van der Waals surface area contributed by atoms with Crippen LogP contribution in [0.4, 0.5) is 0 Å². The van der Waals surface area contributed by atoms with E-state index in [9.17, 15) is 9.59 Å². The second kappa shape index (κ2) is 9.39. The van der Waals surface area contributed by atoms with Crippen molar-refractivity contribution < 1.29 is 9.59 Å². The van der Waals surface area contributed by atoms with E-state index in [1.807, 2.05) is 0 Å². The van der Waals surface area contributed by atoms with Crippen molar-refractivity contribution in [2.45, 2.75) is 26.3 Å². The van der Waals surface area contributed by atoms with Gasteiger partial charge in [-0.05, 0) is 30.5 Å². The average Bonchev–Trinajstić information content (AvgIpc) is 3.12. The maximum atomic E-state index is 12.4. The second-order valence-electron chi connectivity index (χ2n) is 6.43. The summed E-state index contributed by atoms with van der Waals surface area (Å²) in [6.07, 6.45) is 4.14. The van der Waals surface area contributed by atoms with Crippen molar-refractivity contribution >= 4 is 24.1 Å². The van der Waals surface area contributed by atoms with Gasteiger partial charge in [-0.25, -0.2) is 0 Å². The number of benzene rings is 1. The third-order valence-electron chi connectivity index (χ3n) is 4.26. The molecule has 0 saturated heterocycles. The number of H-pyrrole nitrogens is 1. The molecule has 1 aromatic heterocycles. The number of aromatic nitrogens is 1. The molecule has 0 spiro atoms. The Hall–Kier alpha value is -2.11. The van der Waals surface area contributed by atoms with E-state index in [0.717, 1.165) is 6.42 Å². The van der Waals surface area contributed by atoms with Crippen LogP contribution < -0.4 is 5.73 Å². The summed E-state index contributed by atoms with van der Waals surface area (Å²) in [6.45, 7) is 4.77. The molecule has 1 unspecified atom stereocenters. The molecule has 136 valence electrons. The lowest BCUT2D eigenvalue weighted by Gasteiger charge is -2.21. The van der Waals surface area contributed by atoms with Crippen LogP contribution in [0.1, 0.15) is 46.5 Å². The van der Waals surface area contributed by atoms with Gasteiger partial charge in [-0.2, -0.15) is 0 Å². The van der Waals surface area contributed by atoms with Gasteiger partial charge < -0.3 is 15.6 Å². The zero-order valence-corrected chi connectivity index (χ0v) is 15.7. The molecule has 5 nitrogen and oxygen atoms in total. The van der Waals surface area contributed by atoms with E-state index in [4.69, 9.17) is 5.73 Å². The Labute approximate surface area is 155 Å². The van der Waals surface area contributed by atoms with E-state index in [2.05, 4.69) is 18.8 Å². The molecule has 1 atom stereocenters. The molecule has 1 aromatic carbocycles. The summed E-state index contributed by atoms with van der Waals surface area (Å²) in [7, 11) is 1.77. The molecule has 6 heteroatoms. The molecule has 0 aliphatic carbocycles. The lowest BCUT2D eigenvalue weighted by molar-refractivity contribution is 0.0788.